The molecule has 0 fully saturated rings. The Balaban J connectivity index is 0.866. The third-order valence-electron chi connectivity index (χ3n) is 12.8. The Kier molecular flexibility index (Phi) is 8.71. The largest absolute Gasteiger partial charge is 0.208 e. The van der Waals surface area contributed by atoms with Crippen LogP contribution >= 0.6 is 11.3 Å². The van der Waals surface area contributed by atoms with Crippen LogP contribution in [0.5, 0.6) is 0 Å². The fourth-order valence-electron chi connectivity index (χ4n) is 9.60. The minimum Gasteiger partial charge on any atom is -0.208 e. The van der Waals surface area contributed by atoms with Crippen molar-refractivity contribution >= 4 is 74.6 Å². The summed E-state index contributed by atoms with van der Waals surface area (Å²) in [6.07, 6.45) is 0. The third-order valence-corrected chi connectivity index (χ3v) is 14.0. The molecular weight excluding hydrogens is 807 g/mol. The van der Waals surface area contributed by atoms with E-state index in [1.54, 1.807) is 0 Å². The summed E-state index contributed by atoms with van der Waals surface area (Å²) in [6.45, 7) is 0. The number of nitrogens with zero attached hydrogens (tertiary/aromatic N) is 3. The van der Waals surface area contributed by atoms with Crippen molar-refractivity contribution in [2.75, 3.05) is 0 Å². The van der Waals surface area contributed by atoms with Gasteiger partial charge in [0, 0.05) is 42.2 Å². The first-order valence-corrected chi connectivity index (χ1v) is 22.8. The second kappa shape index (κ2) is 15.2. The van der Waals surface area contributed by atoms with E-state index in [-0.39, 0.29) is 0 Å². The number of hydrogen-bond donors (Lipinski definition) is 0. The summed E-state index contributed by atoms with van der Waals surface area (Å²) in [6, 6.07) is 80.6. The van der Waals surface area contributed by atoms with Crippen LogP contribution < -0.4 is 0 Å². The van der Waals surface area contributed by atoms with Gasteiger partial charge in [-0.3, -0.25) is 0 Å². The normalized spacial score (nSPS) is 11.7. The molecule has 302 valence electrons. The molecule has 13 aromatic rings. The van der Waals surface area contributed by atoms with Crippen LogP contribution in [-0.4, -0.2) is 15.0 Å². The highest BCUT2D eigenvalue weighted by Crippen LogP contribution is 2.45. The molecule has 0 saturated carbocycles. The lowest BCUT2D eigenvalue weighted by Crippen LogP contribution is -2.00. The molecule has 2 aromatic heterocycles. The van der Waals surface area contributed by atoms with Gasteiger partial charge in [-0.1, -0.05) is 188 Å². The second-order valence-electron chi connectivity index (χ2n) is 16.8. The predicted octanol–water partition coefficient (Wildman–Crippen LogP) is 16.9. The van der Waals surface area contributed by atoms with Crippen LogP contribution in [0, 0.1) is 0 Å². The molecule has 13 rings (SSSR count). The van der Waals surface area contributed by atoms with Gasteiger partial charge in [0.15, 0.2) is 17.5 Å². The first-order chi connectivity index (χ1) is 32.2. The van der Waals surface area contributed by atoms with Crippen molar-refractivity contribution in [1.82, 2.24) is 15.0 Å². The first-order valence-electron chi connectivity index (χ1n) is 22.0. The lowest BCUT2D eigenvalue weighted by molar-refractivity contribution is 1.08. The smallest absolute Gasteiger partial charge is 0.164 e. The lowest BCUT2D eigenvalue weighted by atomic mass is 9.94. The average Bonchev–Trinajstić information content (AvgIpc) is 3.78. The number of hydrogen-bond acceptors (Lipinski definition) is 4. The van der Waals surface area contributed by atoms with E-state index in [4.69, 9.17) is 15.0 Å². The molecule has 0 N–H and O–H groups in total. The molecule has 3 nitrogen and oxygen atoms in total. The lowest BCUT2D eigenvalue weighted by Gasteiger charge is -2.11. The molecule has 2 heterocycles. The van der Waals surface area contributed by atoms with E-state index in [0.717, 1.165) is 44.2 Å². The standard InChI is InChI=1S/C61H37N3S/c1-3-14-40-34-49(28-26-38(40)12-1)60-62-59(63-61(64-60)50-29-27-39-13-2-4-15-41(39)35-50)48-21-11-20-46(36-48)44-18-9-16-42(32-44)43-17-10-19-45(33-43)47-30-31-55-56(37-47)65-58-54-25-8-6-23-52(54)51-22-5-7-24-53(51)57(55)58/h1-37H. The molecule has 0 spiro atoms. The minimum absolute atomic E-state index is 0.633. The van der Waals surface area contributed by atoms with E-state index in [0.29, 0.717) is 17.5 Å². The van der Waals surface area contributed by atoms with Gasteiger partial charge in [-0.25, -0.2) is 15.0 Å². The maximum Gasteiger partial charge on any atom is 0.164 e. The van der Waals surface area contributed by atoms with E-state index in [1.165, 1.54) is 69.2 Å². The Labute approximate surface area is 379 Å². The van der Waals surface area contributed by atoms with Crippen LogP contribution in [0.3, 0.4) is 0 Å². The van der Waals surface area contributed by atoms with Crippen LogP contribution in [0.2, 0.25) is 0 Å². The van der Waals surface area contributed by atoms with E-state index in [9.17, 15) is 0 Å². The van der Waals surface area contributed by atoms with Gasteiger partial charge < -0.3 is 0 Å². The first kappa shape index (κ1) is 37.3. The minimum atomic E-state index is 0.633. The van der Waals surface area contributed by atoms with Crippen LogP contribution in [0.4, 0.5) is 0 Å². The number of benzene rings is 11. The molecule has 0 atom stereocenters. The zero-order chi connectivity index (χ0) is 42.8. The molecule has 4 heteroatoms. The van der Waals surface area contributed by atoms with Crippen molar-refractivity contribution in [3.8, 4) is 67.5 Å². The van der Waals surface area contributed by atoms with Crippen molar-refractivity contribution in [3.63, 3.8) is 0 Å². The van der Waals surface area contributed by atoms with Crippen molar-refractivity contribution in [2.24, 2.45) is 0 Å². The van der Waals surface area contributed by atoms with Gasteiger partial charge in [-0.2, -0.15) is 0 Å². The van der Waals surface area contributed by atoms with Crippen LogP contribution in [0.25, 0.3) is 131 Å². The van der Waals surface area contributed by atoms with E-state index in [1.807, 2.05) is 11.3 Å². The molecule has 0 saturated heterocycles. The SMILES string of the molecule is c1cc(-c2cccc(-c3ccc4c(c3)sc3c5ccccc5c5ccccc5c43)c2)cc(-c2cccc(-c3nc(-c4ccc5ccccc5c4)nc(-c4ccc5ccccc5c4)n3)c2)c1. The number of aromatic nitrogens is 3. The summed E-state index contributed by atoms with van der Waals surface area (Å²) in [4.78, 5) is 15.4. The highest BCUT2D eigenvalue weighted by molar-refractivity contribution is 7.27. The Hall–Kier alpha value is -8.31. The molecule has 0 aliphatic carbocycles. The Morgan fingerprint density at radius 3 is 1.17 bits per heavy atom. The predicted molar refractivity (Wildman–Crippen MR) is 275 cm³/mol. The fourth-order valence-corrected chi connectivity index (χ4v) is 10.9. The van der Waals surface area contributed by atoms with Gasteiger partial charge in [-0.05, 0) is 107 Å². The number of thiophene rings is 1. The van der Waals surface area contributed by atoms with Crippen LogP contribution in [0.1, 0.15) is 0 Å². The molecule has 0 bridgehead atoms. The summed E-state index contributed by atoms with van der Waals surface area (Å²) in [5.41, 5.74) is 9.79. The molecule has 0 aliphatic rings. The molecule has 0 radical (unpaired) electrons. The highest BCUT2D eigenvalue weighted by atomic mass is 32.1. The quantitative estimate of drug-likeness (QED) is 0.157. The van der Waals surface area contributed by atoms with Crippen molar-refractivity contribution in [3.05, 3.63) is 224 Å². The second-order valence-corrected chi connectivity index (χ2v) is 17.8. The van der Waals surface area contributed by atoms with Gasteiger partial charge in [0.1, 0.15) is 0 Å². The molecular formula is C61H37N3S. The van der Waals surface area contributed by atoms with Gasteiger partial charge in [0.25, 0.3) is 0 Å². The molecule has 0 unspecified atom stereocenters. The Bertz CT molecular complexity index is 3940. The van der Waals surface area contributed by atoms with E-state index < -0.39 is 0 Å². The molecule has 0 aliphatic heterocycles. The fraction of sp³-hybridized carbons (Fsp3) is 0. The summed E-state index contributed by atoms with van der Waals surface area (Å²) in [5.74, 6) is 1.92. The molecule has 11 aromatic carbocycles. The zero-order valence-corrected chi connectivity index (χ0v) is 35.9. The van der Waals surface area contributed by atoms with Gasteiger partial charge >= 0.3 is 0 Å². The van der Waals surface area contributed by atoms with Crippen molar-refractivity contribution in [2.45, 2.75) is 0 Å². The van der Waals surface area contributed by atoms with Crippen molar-refractivity contribution < 1.29 is 0 Å². The van der Waals surface area contributed by atoms with Gasteiger partial charge in [0.2, 0.25) is 0 Å². The summed E-state index contributed by atoms with van der Waals surface area (Å²) >= 11 is 1.90. The third kappa shape index (κ3) is 6.54. The van der Waals surface area contributed by atoms with Gasteiger partial charge in [-0.15, -0.1) is 11.3 Å². The van der Waals surface area contributed by atoms with Crippen LogP contribution in [-0.2, 0) is 0 Å². The summed E-state index contributed by atoms with van der Waals surface area (Å²) in [7, 11) is 0. The molecule has 0 amide bonds. The Morgan fingerprint density at radius 2 is 0.631 bits per heavy atom. The maximum absolute atomic E-state index is 5.14. The number of rotatable bonds is 6. The highest BCUT2D eigenvalue weighted by Gasteiger charge is 2.17. The monoisotopic (exact) mass is 843 g/mol. The van der Waals surface area contributed by atoms with Crippen molar-refractivity contribution in [1.29, 1.82) is 0 Å². The number of fused-ring (bicyclic) bond motifs is 10. The topological polar surface area (TPSA) is 38.7 Å². The van der Waals surface area contributed by atoms with Gasteiger partial charge in [0.05, 0.1) is 0 Å². The average molecular weight is 844 g/mol. The zero-order valence-electron chi connectivity index (χ0n) is 35.1. The van der Waals surface area contributed by atoms with E-state index in [2.05, 4.69) is 224 Å². The maximum atomic E-state index is 5.14. The molecule has 65 heavy (non-hydrogen) atoms. The van der Waals surface area contributed by atoms with Crippen LogP contribution in [0.15, 0.2) is 224 Å². The summed E-state index contributed by atoms with van der Waals surface area (Å²) < 4.78 is 2.66. The van der Waals surface area contributed by atoms with E-state index >= 15 is 0 Å². The Morgan fingerprint density at radius 1 is 0.246 bits per heavy atom. The summed E-state index contributed by atoms with van der Waals surface area (Å²) in [5, 5.41) is 12.6.